The number of hydrogen-bond donors (Lipinski definition) is 0. The molecule has 0 amide bonds. The van der Waals surface area contributed by atoms with Crippen LogP contribution < -0.4 is 5.56 Å². The maximum Gasteiger partial charge on any atom is 0.307 e. The largest absolute Gasteiger partial charge is 0.466 e. The van der Waals surface area contributed by atoms with E-state index in [1.165, 1.54) is 10.6 Å². The Bertz CT molecular complexity index is 553. The van der Waals surface area contributed by atoms with E-state index in [1.807, 2.05) is 19.9 Å². The van der Waals surface area contributed by atoms with E-state index in [-0.39, 0.29) is 36.0 Å². The molecule has 0 aliphatic rings. The molecule has 0 aliphatic carbocycles. The van der Waals surface area contributed by atoms with Crippen molar-refractivity contribution < 1.29 is 9.53 Å². The van der Waals surface area contributed by atoms with Crippen LogP contribution in [0.1, 0.15) is 44.4 Å². The molecule has 0 atom stereocenters. The molecule has 0 fully saturated rings. The van der Waals surface area contributed by atoms with Crippen LogP contribution >= 0.6 is 0 Å². The highest BCUT2D eigenvalue weighted by Crippen LogP contribution is 2.13. The first-order chi connectivity index (χ1) is 9.01. The molecule has 0 saturated carbocycles. The standard InChI is InChI=1S/C14H18N2O3/c1-4-19-13(17)7-8-16-12(10(2)3)6-5-11(9-15)14(16)18/h5-6,10H,4,7-8H2,1-3H3. The van der Waals surface area contributed by atoms with Crippen molar-refractivity contribution in [2.75, 3.05) is 6.61 Å². The van der Waals surface area contributed by atoms with Crippen LogP contribution in [0.5, 0.6) is 0 Å². The number of nitriles is 1. The second-order valence-electron chi connectivity index (χ2n) is 4.45. The molecule has 0 aliphatic heterocycles. The minimum Gasteiger partial charge on any atom is -0.466 e. The highest BCUT2D eigenvalue weighted by atomic mass is 16.5. The summed E-state index contributed by atoms with van der Waals surface area (Å²) < 4.78 is 6.33. The minimum absolute atomic E-state index is 0.0910. The third-order valence-corrected chi connectivity index (χ3v) is 2.76. The highest BCUT2D eigenvalue weighted by Gasteiger charge is 2.12. The maximum absolute atomic E-state index is 12.1. The van der Waals surface area contributed by atoms with Gasteiger partial charge in [-0.05, 0) is 25.0 Å². The van der Waals surface area contributed by atoms with E-state index in [9.17, 15) is 9.59 Å². The minimum atomic E-state index is -0.349. The molecule has 1 rings (SSSR count). The first-order valence-electron chi connectivity index (χ1n) is 6.30. The van der Waals surface area contributed by atoms with Crippen molar-refractivity contribution >= 4 is 5.97 Å². The summed E-state index contributed by atoms with van der Waals surface area (Å²) in [5.41, 5.74) is 0.555. The number of carbonyl (C=O) groups excluding carboxylic acids is 1. The van der Waals surface area contributed by atoms with E-state index in [4.69, 9.17) is 10.00 Å². The van der Waals surface area contributed by atoms with Gasteiger partial charge in [0.15, 0.2) is 0 Å². The third kappa shape index (κ3) is 3.68. The quantitative estimate of drug-likeness (QED) is 0.758. The molecule has 1 aromatic rings. The lowest BCUT2D eigenvalue weighted by Crippen LogP contribution is -2.27. The van der Waals surface area contributed by atoms with E-state index in [0.29, 0.717) is 6.61 Å². The highest BCUT2D eigenvalue weighted by molar-refractivity contribution is 5.69. The predicted octanol–water partition coefficient (Wildman–Crippen LogP) is 1.80. The molecule has 5 nitrogen and oxygen atoms in total. The van der Waals surface area contributed by atoms with E-state index < -0.39 is 0 Å². The lowest BCUT2D eigenvalue weighted by atomic mass is 10.1. The lowest BCUT2D eigenvalue weighted by Gasteiger charge is -2.15. The first kappa shape index (κ1) is 15.0. The van der Waals surface area contributed by atoms with E-state index in [0.717, 1.165) is 5.69 Å². The molecule has 5 heteroatoms. The van der Waals surface area contributed by atoms with Gasteiger partial charge in [0.25, 0.3) is 5.56 Å². The fourth-order valence-corrected chi connectivity index (χ4v) is 1.85. The van der Waals surface area contributed by atoms with Gasteiger partial charge in [0.2, 0.25) is 0 Å². The van der Waals surface area contributed by atoms with Crippen LogP contribution in [-0.2, 0) is 16.1 Å². The Morgan fingerprint density at radius 2 is 2.16 bits per heavy atom. The van der Waals surface area contributed by atoms with E-state index in [2.05, 4.69) is 0 Å². The number of carbonyl (C=O) groups is 1. The maximum atomic E-state index is 12.1. The molecule has 1 aromatic heterocycles. The van der Waals surface area contributed by atoms with Gasteiger partial charge >= 0.3 is 5.97 Å². The number of ether oxygens (including phenoxy) is 1. The summed E-state index contributed by atoms with van der Waals surface area (Å²) in [7, 11) is 0. The summed E-state index contributed by atoms with van der Waals surface area (Å²) in [5, 5.41) is 8.88. The summed E-state index contributed by atoms with van der Waals surface area (Å²) in [6, 6.07) is 5.15. The van der Waals surface area contributed by atoms with Crippen LogP contribution in [-0.4, -0.2) is 17.1 Å². The third-order valence-electron chi connectivity index (χ3n) is 2.76. The van der Waals surface area contributed by atoms with Gasteiger partial charge in [0, 0.05) is 12.2 Å². The zero-order valence-electron chi connectivity index (χ0n) is 11.5. The Labute approximate surface area is 112 Å². The second-order valence-corrected chi connectivity index (χ2v) is 4.45. The van der Waals surface area contributed by atoms with Gasteiger partial charge in [0.05, 0.1) is 13.0 Å². The number of hydrogen-bond acceptors (Lipinski definition) is 4. The Morgan fingerprint density at radius 3 is 2.68 bits per heavy atom. The van der Waals surface area contributed by atoms with Gasteiger partial charge in [-0.25, -0.2) is 0 Å². The number of esters is 1. The molecule has 0 radical (unpaired) electrons. The van der Waals surface area contributed by atoms with Crippen molar-refractivity contribution in [1.29, 1.82) is 5.26 Å². The van der Waals surface area contributed by atoms with Gasteiger partial charge in [0.1, 0.15) is 11.6 Å². The van der Waals surface area contributed by atoms with Crippen LogP contribution in [0.3, 0.4) is 0 Å². The van der Waals surface area contributed by atoms with Crippen molar-refractivity contribution in [1.82, 2.24) is 4.57 Å². The van der Waals surface area contributed by atoms with Crippen molar-refractivity contribution in [3.8, 4) is 6.07 Å². The van der Waals surface area contributed by atoms with Crippen LogP contribution in [0.2, 0.25) is 0 Å². The molecule has 19 heavy (non-hydrogen) atoms. The Balaban J connectivity index is 3.06. The monoisotopic (exact) mass is 262 g/mol. The Kier molecular flexibility index (Phi) is 5.31. The number of pyridine rings is 1. The fourth-order valence-electron chi connectivity index (χ4n) is 1.85. The number of rotatable bonds is 5. The van der Waals surface area contributed by atoms with Gasteiger partial charge < -0.3 is 9.30 Å². The molecule has 0 N–H and O–H groups in total. The van der Waals surface area contributed by atoms with Crippen LogP contribution in [0.15, 0.2) is 16.9 Å². The smallest absolute Gasteiger partial charge is 0.307 e. The normalized spacial score (nSPS) is 10.3. The van der Waals surface area contributed by atoms with Crippen molar-refractivity contribution in [3.05, 3.63) is 33.7 Å². The summed E-state index contributed by atoms with van der Waals surface area (Å²) >= 11 is 0. The predicted molar refractivity (Wildman–Crippen MR) is 70.8 cm³/mol. The summed E-state index contributed by atoms with van der Waals surface area (Å²) in [6.45, 7) is 6.22. The topological polar surface area (TPSA) is 72.1 Å². The average Bonchev–Trinajstić information content (AvgIpc) is 2.37. The average molecular weight is 262 g/mol. The van der Waals surface area contributed by atoms with Crippen molar-refractivity contribution in [3.63, 3.8) is 0 Å². The van der Waals surface area contributed by atoms with Gasteiger partial charge in [-0.3, -0.25) is 9.59 Å². The molecule has 1 heterocycles. The zero-order chi connectivity index (χ0) is 14.4. The second kappa shape index (κ2) is 6.74. The zero-order valence-corrected chi connectivity index (χ0v) is 11.5. The summed E-state index contributed by atoms with van der Waals surface area (Å²) in [4.78, 5) is 23.4. The molecule has 102 valence electrons. The van der Waals surface area contributed by atoms with Crippen LogP contribution in [0.25, 0.3) is 0 Å². The number of aromatic nitrogens is 1. The molecule has 0 spiro atoms. The Hall–Kier alpha value is -2.09. The molecular formula is C14H18N2O3. The first-order valence-corrected chi connectivity index (χ1v) is 6.30. The van der Waals surface area contributed by atoms with Crippen LogP contribution in [0, 0.1) is 11.3 Å². The SMILES string of the molecule is CCOC(=O)CCn1c(C(C)C)ccc(C#N)c1=O. The van der Waals surface area contributed by atoms with Gasteiger partial charge in [-0.2, -0.15) is 5.26 Å². The van der Waals surface area contributed by atoms with Gasteiger partial charge in [-0.15, -0.1) is 0 Å². The van der Waals surface area contributed by atoms with E-state index in [1.54, 1.807) is 13.0 Å². The number of nitrogens with zero attached hydrogens (tertiary/aromatic N) is 2. The molecule has 0 saturated heterocycles. The van der Waals surface area contributed by atoms with E-state index >= 15 is 0 Å². The fraction of sp³-hybridized carbons (Fsp3) is 0.500. The van der Waals surface area contributed by atoms with Gasteiger partial charge in [-0.1, -0.05) is 13.8 Å². The lowest BCUT2D eigenvalue weighted by molar-refractivity contribution is -0.143. The molecule has 0 bridgehead atoms. The van der Waals surface area contributed by atoms with Crippen LogP contribution in [0.4, 0.5) is 0 Å². The Morgan fingerprint density at radius 1 is 1.47 bits per heavy atom. The van der Waals surface area contributed by atoms with Crippen molar-refractivity contribution in [2.45, 2.75) is 39.7 Å². The molecular weight excluding hydrogens is 244 g/mol. The van der Waals surface area contributed by atoms with Crippen molar-refractivity contribution in [2.24, 2.45) is 0 Å². The summed E-state index contributed by atoms with van der Waals surface area (Å²) in [6.07, 6.45) is 0.127. The molecule has 0 unspecified atom stereocenters. The summed E-state index contributed by atoms with van der Waals surface area (Å²) in [5.74, 6) is -0.200. The molecule has 0 aromatic carbocycles.